The van der Waals surface area contributed by atoms with E-state index in [1.54, 1.807) is 11.3 Å². The van der Waals surface area contributed by atoms with Gasteiger partial charge >= 0.3 is 5.97 Å². The third-order valence-corrected chi connectivity index (χ3v) is 4.51. The Hall–Kier alpha value is -1.65. The number of ether oxygens (including phenoxy) is 1. The SMILES string of the molecule is CCOC(=O)C(NCc1cc(C)c(C)s1)c1ccccc1. The van der Waals surface area contributed by atoms with Crippen LogP contribution in [0.5, 0.6) is 0 Å². The molecule has 4 heteroatoms. The predicted molar refractivity (Wildman–Crippen MR) is 86.4 cm³/mol. The van der Waals surface area contributed by atoms with Crippen molar-refractivity contribution < 1.29 is 9.53 Å². The Balaban J connectivity index is 2.11. The van der Waals surface area contributed by atoms with Crippen molar-refractivity contribution in [3.05, 3.63) is 57.3 Å². The molecule has 0 saturated heterocycles. The number of benzene rings is 1. The van der Waals surface area contributed by atoms with Gasteiger partial charge < -0.3 is 4.74 Å². The molecular weight excluding hydrogens is 282 g/mol. The highest BCUT2D eigenvalue weighted by atomic mass is 32.1. The van der Waals surface area contributed by atoms with E-state index >= 15 is 0 Å². The van der Waals surface area contributed by atoms with Crippen molar-refractivity contribution in [3.63, 3.8) is 0 Å². The van der Waals surface area contributed by atoms with E-state index in [2.05, 4.69) is 25.2 Å². The number of thiophene rings is 1. The van der Waals surface area contributed by atoms with E-state index in [9.17, 15) is 4.79 Å². The molecule has 3 nitrogen and oxygen atoms in total. The predicted octanol–water partition coefficient (Wildman–Crippen LogP) is 3.76. The molecule has 1 N–H and O–H groups in total. The molecule has 1 heterocycles. The molecule has 1 aromatic heterocycles. The summed E-state index contributed by atoms with van der Waals surface area (Å²) >= 11 is 1.76. The number of rotatable bonds is 6. The Morgan fingerprint density at radius 1 is 1.29 bits per heavy atom. The Bertz CT molecular complexity index is 573. The van der Waals surface area contributed by atoms with Crippen molar-refractivity contribution in [3.8, 4) is 0 Å². The maximum atomic E-state index is 12.2. The molecule has 2 aromatic rings. The third-order valence-electron chi connectivity index (χ3n) is 3.35. The van der Waals surface area contributed by atoms with Crippen molar-refractivity contribution in [2.45, 2.75) is 33.4 Å². The summed E-state index contributed by atoms with van der Waals surface area (Å²) in [5, 5.41) is 3.31. The fraction of sp³-hybridized carbons (Fsp3) is 0.353. The van der Waals surface area contributed by atoms with Gasteiger partial charge in [-0.1, -0.05) is 30.3 Å². The van der Waals surface area contributed by atoms with Crippen LogP contribution in [0.4, 0.5) is 0 Å². The summed E-state index contributed by atoms with van der Waals surface area (Å²) in [5.74, 6) is -0.228. The minimum absolute atomic E-state index is 0.228. The molecule has 1 atom stereocenters. The van der Waals surface area contributed by atoms with Crippen LogP contribution in [0.3, 0.4) is 0 Å². The van der Waals surface area contributed by atoms with Crippen LogP contribution in [0.2, 0.25) is 0 Å². The maximum absolute atomic E-state index is 12.2. The highest BCUT2D eigenvalue weighted by molar-refractivity contribution is 7.12. The quantitative estimate of drug-likeness (QED) is 0.826. The number of nitrogens with one attached hydrogen (secondary N) is 1. The van der Waals surface area contributed by atoms with E-state index in [4.69, 9.17) is 4.74 Å². The largest absolute Gasteiger partial charge is 0.465 e. The van der Waals surface area contributed by atoms with E-state index in [1.165, 1.54) is 15.3 Å². The standard InChI is InChI=1S/C17H21NO2S/c1-4-20-17(19)16(14-8-6-5-7-9-14)18-11-15-10-12(2)13(3)21-15/h5-10,16,18H,4,11H2,1-3H3. The number of carbonyl (C=O) groups excluding carboxylic acids is 1. The van der Waals surface area contributed by atoms with Gasteiger partial charge in [0, 0.05) is 16.3 Å². The molecule has 1 unspecified atom stereocenters. The Morgan fingerprint density at radius 3 is 2.57 bits per heavy atom. The molecule has 0 aliphatic carbocycles. The summed E-state index contributed by atoms with van der Waals surface area (Å²) in [6, 6.07) is 11.4. The molecule has 2 rings (SSSR count). The first kappa shape index (κ1) is 15.7. The highest BCUT2D eigenvalue weighted by Crippen LogP contribution is 2.22. The van der Waals surface area contributed by atoms with Crippen LogP contribution >= 0.6 is 11.3 Å². The molecule has 0 fully saturated rings. The molecule has 0 bridgehead atoms. The zero-order valence-corrected chi connectivity index (χ0v) is 13.5. The van der Waals surface area contributed by atoms with Crippen LogP contribution in [0, 0.1) is 13.8 Å². The number of esters is 1. The fourth-order valence-corrected chi connectivity index (χ4v) is 3.15. The second kappa shape index (κ2) is 7.38. The van der Waals surface area contributed by atoms with Crippen LogP contribution in [-0.2, 0) is 16.1 Å². The molecule has 0 aliphatic rings. The average Bonchev–Trinajstić information content (AvgIpc) is 2.79. The highest BCUT2D eigenvalue weighted by Gasteiger charge is 2.21. The first-order valence-electron chi connectivity index (χ1n) is 7.12. The summed E-state index contributed by atoms with van der Waals surface area (Å²) in [4.78, 5) is 14.7. The minimum Gasteiger partial charge on any atom is -0.465 e. The second-order valence-corrected chi connectivity index (χ2v) is 6.27. The van der Waals surface area contributed by atoms with E-state index < -0.39 is 6.04 Å². The van der Waals surface area contributed by atoms with Gasteiger partial charge in [-0.3, -0.25) is 5.32 Å². The van der Waals surface area contributed by atoms with Crippen LogP contribution < -0.4 is 5.32 Å². The summed E-state index contributed by atoms with van der Waals surface area (Å²) in [6.07, 6.45) is 0. The van der Waals surface area contributed by atoms with Gasteiger partial charge in [0.05, 0.1) is 6.61 Å². The Labute approximate surface area is 130 Å². The van der Waals surface area contributed by atoms with E-state index in [1.807, 2.05) is 37.3 Å². The molecule has 0 spiro atoms. The fourth-order valence-electron chi connectivity index (χ4n) is 2.15. The number of carbonyl (C=O) groups is 1. The Kier molecular flexibility index (Phi) is 5.53. The van der Waals surface area contributed by atoms with Gasteiger partial charge in [0.15, 0.2) is 0 Å². The average molecular weight is 303 g/mol. The smallest absolute Gasteiger partial charge is 0.327 e. The lowest BCUT2D eigenvalue weighted by Gasteiger charge is -2.17. The van der Waals surface area contributed by atoms with Crippen LogP contribution in [0.1, 0.15) is 33.8 Å². The lowest BCUT2D eigenvalue weighted by Crippen LogP contribution is -2.29. The molecule has 21 heavy (non-hydrogen) atoms. The van der Waals surface area contributed by atoms with Crippen molar-refractivity contribution in [1.82, 2.24) is 5.32 Å². The minimum atomic E-state index is -0.422. The van der Waals surface area contributed by atoms with Gasteiger partial charge in [0.25, 0.3) is 0 Å². The lowest BCUT2D eigenvalue weighted by atomic mass is 10.1. The monoisotopic (exact) mass is 303 g/mol. The first-order valence-corrected chi connectivity index (χ1v) is 7.94. The topological polar surface area (TPSA) is 38.3 Å². The number of hydrogen-bond acceptors (Lipinski definition) is 4. The zero-order valence-electron chi connectivity index (χ0n) is 12.7. The lowest BCUT2D eigenvalue weighted by molar-refractivity contribution is -0.145. The summed E-state index contributed by atoms with van der Waals surface area (Å²) in [7, 11) is 0. The van der Waals surface area contributed by atoms with Gasteiger partial charge in [-0.2, -0.15) is 0 Å². The number of hydrogen-bond donors (Lipinski definition) is 1. The van der Waals surface area contributed by atoms with Crippen molar-refractivity contribution in [1.29, 1.82) is 0 Å². The first-order chi connectivity index (χ1) is 10.1. The molecule has 0 aliphatic heterocycles. The second-order valence-electron chi connectivity index (χ2n) is 4.93. The van der Waals surface area contributed by atoms with Crippen LogP contribution in [-0.4, -0.2) is 12.6 Å². The molecule has 112 valence electrons. The summed E-state index contributed by atoms with van der Waals surface area (Å²) in [5.41, 5.74) is 2.23. The number of aryl methyl sites for hydroxylation is 2. The van der Waals surface area contributed by atoms with Crippen molar-refractivity contribution in [2.24, 2.45) is 0 Å². The third kappa shape index (κ3) is 4.16. The van der Waals surface area contributed by atoms with Gasteiger partial charge in [0.2, 0.25) is 0 Å². The normalized spacial score (nSPS) is 12.1. The van der Waals surface area contributed by atoms with Gasteiger partial charge in [-0.05, 0) is 38.0 Å². The maximum Gasteiger partial charge on any atom is 0.327 e. The van der Waals surface area contributed by atoms with Crippen LogP contribution in [0.25, 0.3) is 0 Å². The van der Waals surface area contributed by atoms with E-state index in [-0.39, 0.29) is 5.97 Å². The van der Waals surface area contributed by atoms with E-state index in [0.717, 1.165) is 5.56 Å². The molecule has 1 aromatic carbocycles. The molecule has 0 amide bonds. The zero-order chi connectivity index (χ0) is 15.2. The van der Waals surface area contributed by atoms with Gasteiger partial charge in [-0.15, -0.1) is 11.3 Å². The Morgan fingerprint density at radius 2 is 2.00 bits per heavy atom. The molecular formula is C17H21NO2S. The summed E-state index contributed by atoms with van der Waals surface area (Å²) < 4.78 is 5.18. The molecule has 0 saturated carbocycles. The van der Waals surface area contributed by atoms with E-state index in [0.29, 0.717) is 13.2 Å². The molecule has 0 radical (unpaired) electrons. The van der Waals surface area contributed by atoms with Gasteiger partial charge in [-0.25, -0.2) is 4.79 Å². The van der Waals surface area contributed by atoms with Crippen LogP contribution in [0.15, 0.2) is 36.4 Å². The van der Waals surface area contributed by atoms with Crippen molar-refractivity contribution >= 4 is 17.3 Å². The van der Waals surface area contributed by atoms with Gasteiger partial charge in [0.1, 0.15) is 6.04 Å². The van der Waals surface area contributed by atoms with Crippen molar-refractivity contribution in [2.75, 3.05) is 6.61 Å². The summed E-state index contributed by atoms with van der Waals surface area (Å²) in [6.45, 7) is 7.10.